The molecule has 0 atom stereocenters. The number of carboxylic acid groups (broad SMARTS) is 1. The lowest BCUT2D eigenvalue weighted by Gasteiger charge is -2.08. The second kappa shape index (κ2) is 9.47. The molecular weight excluding hydrogens is 402 g/mol. The Balaban J connectivity index is 1.55. The minimum Gasteiger partial charge on any atom is -0.478 e. The van der Waals surface area contributed by atoms with Gasteiger partial charge in [-0.1, -0.05) is 79.7 Å². The molecule has 0 bridgehead atoms. The summed E-state index contributed by atoms with van der Waals surface area (Å²) in [5, 5.41) is 14.0. The Morgan fingerprint density at radius 1 is 0.906 bits per heavy atom. The minimum atomic E-state index is -0.952. The van der Waals surface area contributed by atoms with Crippen molar-refractivity contribution in [2.24, 2.45) is 0 Å². The first-order valence-corrected chi connectivity index (χ1v) is 10.7. The van der Waals surface area contributed by atoms with Gasteiger partial charge in [-0.25, -0.2) is 14.3 Å². The van der Waals surface area contributed by atoms with E-state index in [1.165, 1.54) is 5.56 Å². The highest BCUT2D eigenvalue weighted by molar-refractivity contribution is 5.95. The van der Waals surface area contributed by atoms with Crippen LogP contribution in [0, 0.1) is 0 Å². The van der Waals surface area contributed by atoms with Crippen molar-refractivity contribution in [1.29, 1.82) is 0 Å². The maximum Gasteiger partial charge on any atom is 0.346 e. The van der Waals surface area contributed by atoms with Crippen molar-refractivity contribution in [2.75, 3.05) is 0 Å². The molecule has 1 N–H and O–H groups in total. The zero-order valence-electron chi connectivity index (χ0n) is 17.9. The first-order chi connectivity index (χ1) is 15.6. The van der Waals surface area contributed by atoms with Crippen molar-refractivity contribution in [3.05, 3.63) is 112 Å². The molecule has 0 saturated carbocycles. The summed E-state index contributed by atoms with van der Waals surface area (Å²) in [5.41, 5.74) is 3.78. The van der Waals surface area contributed by atoms with Gasteiger partial charge in [-0.05, 0) is 34.7 Å². The Morgan fingerprint density at radius 2 is 1.59 bits per heavy atom. The molecule has 0 unspecified atom stereocenters. The van der Waals surface area contributed by atoms with Gasteiger partial charge in [0.15, 0.2) is 0 Å². The summed E-state index contributed by atoms with van der Waals surface area (Å²) < 4.78 is 3.26. The molecule has 0 aliphatic rings. The normalized spacial score (nSPS) is 10.9. The third-order valence-corrected chi connectivity index (χ3v) is 5.53. The Labute approximate surface area is 186 Å². The molecule has 0 radical (unpaired) electrons. The van der Waals surface area contributed by atoms with E-state index in [1.54, 1.807) is 27.4 Å². The molecule has 6 heteroatoms. The van der Waals surface area contributed by atoms with Crippen LogP contribution < -0.4 is 5.69 Å². The van der Waals surface area contributed by atoms with Gasteiger partial charge in [0.05, 0.1) is 18.7 Å². The molecule has 3 aromatic carbocycles. The van der Waals surface area contributed by atoms with E-state index in [0.29, 0.717) is 25.1 Å². The van der Waals surface area contributed by atoms with Gasteiger partial charge in [-0.2, -0.15) is 5.10 Å². The molecule has 162 valence electrons. The zero-order valence-corrected chi connectivity index (χ0v) is 17.9. The van der Waals surface area contributed by atoms with Gasteiger partial charge >= 0.3 is 11.7 Å². The SMILES string of the molecule is CCc1nn(CCc2ccccc2)c(=O)n1Cc1ccc(-c2ccccc2C(=O)O)cc1. The molecule has 0 amide bonds. The predicted octanol–water partition coefficient (Wildman–Crippen LogP) is 4.26. The van der Waals surface area contributed by atoms with Crippen molar-refractivity contribution in [3.63, 3.8) is 0 Å². The monoisotopic (exact) mass is 427 g/mol. The first kappa shape index (κ1) is 21.3. The highest BCUT2D eigenvalue weighted by Gasteiger charge is 2.14. The molecule has 6 nitrogen and oxygen atoms in total. The van der Waals surface area contributed by atoms with Crippen molar-refractivity contribution < 1.29 is 9.90 Å². The van der Waals surface area contributed by atoms with E-state index in [0.717, 1.165) is 23.4 Å². The molecule has 1 aromatic heterocycles. The summed E-state index contributed by atoms with van der Waals surface area (Å²) in [4.78, 5) is 24.5. The van der Waals surface area contributed by atoms with Gasteiger partial charge in [-0.3, -0.25) is 4.57 Å². The van der Waals surface area contributed by atoms with Crippen LogP contribution in [0.15, 0.2) is 83.7 Å². The second-order valence-electron chi connectivity index (χ2n) is 7.64. The summed E-state index contributed by atoms with van der Waals surface area (Å²) in [7, 11) is 0. The molecule has 0 saturated heterocycles. The second-order valence-corrected chi connectivity index (χ2v) is 7.64. The van der Waals surface area contributed by atoms with Crippen molar-refractivity contribution in [3.8, 4) is 11.1 Å². The van der Waals surface area contributed by atoms with Gasteiger partial charge < -0.3 is 5.11 Å². The van der Waals surface area contributed by atoms with Crippen LogP contribution >= 0.6 is 0 Å². The van der Waals surface area contributed by atoms with Gasteiger partial charge in [0.2, 0.25) is 0 Å². The van der Waals surface area contributed by atoms with E-state index < -0.39 is 5.97 Å². The summed E-state index contributed by atoms with van der Waals surface area (Å²) in [6.07, 6.45) is 1.41. The zero-order chi connectivity index (χ0) is 22.5. The lowest BCUT2D eigenvalue weighted by atomic mass is 9.99. The molecule has 4 aromatic rings. The number of hydrogen-bond acceptors (Lipinski definition) is 3. The number of benzene rings is 3. The summed E-state index contributed by atoms with van der Waals surface area (Å²) in [6.45, 7) is 2.95. The van der Waals surface area contributed by atoms with E-state index in [-0.39, 0.29) is 11.3 Å². The van der Waals surface area contributed by atoms with E-state index in [2.05, 4.69) is 5.10 Å². The Morgan fingerprint density at radius 3 is 2.28 bits per heavy atom. The topological polar surface area (TPSA) is 77.1 Å². The van der Waals surface area contributed by atoms with Crippen molar-refractivity contribution in [2.45, 2.75) is 32.9 Å². The minimum absolute atomic E-state index is 0.113. The van der Waals surface area contributed by atoms with Gasteiger partial charge in [0.25, 0.3) is 0 Å². The van der Waals surface area contributed by atoms with E-state index in [1.807, 2.05) is 67.6 Å². The predicted molar refractivity (Wildman–Crippen MR) is 124 cm³/mol. The standard InChI is InChI=1S/C26H25N3O3/c1-2-24-27-29(17-16-19-8-4-3-5-9-19)26(32)28(24)18-20-12-14-21(15-13-20)22-10-6-7-11-23(22)25(30)31/h3-15H,2,16-18H2,1H3,(H,30,31). The van der Waals surface area contributed by atoms with Crippen LogP contribution in [0.2, 0.25) is 0 Å². The largest absolute Gasteiger partial charge is 0.478 e. The van der Waals surface area contributed by atoms with Crippen LogP contribution in [-0.2, 0) is 25.9 Å². The first-order valence-electron chi connectivity index (χ1n) is 10.7. The van der Waals surface area contributed by atoms with Crippen molar-refractivity contribution >= 4 is 5.97 Å². The number of rotatable bonds is 8. The third-order valence-electron chi connectivity index (χ3n) is 5.53. The Bertz CT molecular complexity index is 1270. The van der Waals surface area contributed by atoms with Crippen LogP contribution in [0.1, 0.15) is 34.2 Å². The maximum absolute atomic E-state index is 13.0. The molecule has 32 heavy (non-hydrogen) atoms. The summed E-state index contributed by atoms with van der Waals surface area (Å²) >= 11 is 0. The third kappa shape index (κ3) is 4.54. The van der Waals surface area contributed by atoms with Crippen LogP contribution in [0.25, 0.3) is 11.1 Å². The fraction of sp³-hybridized carbons (Fsp3) is 0.192. The fourth-order valence-electron chi connectivity index (χ4n) is 3.83. The molecule has 0 aliphatic heterocycles. The number of hydrogen-bond donors (Lipinski definition) is 1. The van der Waals surface area contributed by atoms with Crippen molar-refractivity contribution in [1.82, 2.24) is 14.3 Å². The molecule has 1 heterocycles. The number of aryl methyl sites for hydroxylation is 3. The highest BCUT2D eigenvalue weighted by atomic mass is 16.4. The maximum atomic E-state index is 13.0. The average Bonchev–Trinajstić information content (AvgIpc) is 3.13. The van der Waals surface area contributed by atoms with Crippen LogP contribution in [-0.4, -0.2) is 25.4 Å². The molecule has 4 rings (SSSR count). The number of carboxylic acids is 1. The molecule has 0 aliphatic carbocycles. The van der Waals surface area contributed by atoms with Crippen LogP contribution in [0.4, 0.5) is 0 Å². The number of aromatic nitrogens is 3. The number of aromatic carboxylic acids is 1. The average molecular weight is 428 g/mol. The highest BCUT2D eigenvalue weighted by Crippen LogP contribution is 2.24. The fourth-order valence-corrected chi connectivity index (χ4v) is 3.83. The van der Waals surface area contributed by atoms with E-state index >= 15 is 0 Å². The van der Waals surface area contributed by atoms with Crippen LogP contribution in [0.5, 0.6) is 0 Å². The van der Waals surface area contributed by atoms with E-state index in [9.17, 15) is 14.7 Å². The smallest absolute Gasteiger partial charge is 0.346 e. The number of carbonyl (C=O) groups is 1. The number of nitrogens with zero attached hydrogens (tertiary/aromatic N) is 3. The van der Waals surface area contributed by atoms with Gasteiger partial charge in [0, 0.05) is 6.42 Å². The summed E-state index contributed by atoms with van der Waals surface area (Å²) in [6, 6.07) is 24.7. The molecule has 0 spiro atoms. The molecular formula is C26H25N3O3. The van der Waals surface area contributed by atoms with Crippen LogP contribution in [0.3, 0.4) is 0 Å². The lowest BCUT2D eigenvalue weighted by Crippen LogP contribution is -2.26. The molecule has 0 fully saturated rings. The Hall–Kier alpha value is -3.93. The quantitative estimate of drug-likeness (QED) is 0.456. The Kier molecular flexibility index (Phi) is 6.31. The van der Waals surface area contributed by atoms with E-state index in [4.69, 9.17) is 0 Å². The van der Waals surface area contributed by atoms with Gasteiger partial charge in [0.1, 0.15) is 5.82 Å². The summed E-state index contributed by atoms with van der Waals surface area (Å²) in [5.74, 6) is -0.199. The lowest BCUT2D eigenvalue weighted by molar-refractivity contribution is 0.0697. The van der Waals surface area contributed by atoms with Gasteiger partial charge in [-0.15, -0.1) is 0 Å².